The summed E-state index contributed by atoms with van der Waals surface area (Å²) in [7, 11) is 0. The third-order valence-electron chi connectivity index (χ3n) is 5.15. The van der Waals surface area contributed by atoms with Crippen LogP contribution in [0.3, 0.4) is 0 Å². The molecule has 1 aliphatic rings. The summed E-state index contributed by atoms with van der Waals surface area (Å²) in [6.07, 6.45) is 8.42. The molecule has 146 valence electrons. The summed E-state index contributed by atoms with van der Waals surface area (Å²) in [4.78, 5) is 24.1. The van der Waals surface area contributed by atoms with Gasteiger partial charge >= 0.3 is 0 Å². The van der Waals surface area contributed by atoms with E-state index in [1.165, 1.54) is 0 Å². The molecule has 3 aromatic rings. The van der Waals surface area contributed by atoms with Crippen LogP contribution in [-0.4, -0.2) is 18.4 Å². The van der Waals surface area contributed by atoms with Gasteiger partial charge in [-0.3, -0.25) is 14.9 Å². The van der Waals surface area contributed by atoms with Crippen molar-refractivity contribution in [3.63, 3.8) is 0 Å². The fourth-order valence-electron chi connectivity index (χ4n) is 3.48. The van der Waals surface area contributed by atoms with Gasteiger partial charge in [0.1, 0.15) is 11.3 Å². The first-order chi connectivity index (χ1) is 14.2. The van der Waals surface area contributed by atoms with Gasteiger partial charge in [-0.1, -0.05) is 36.8 Å². The van der Waals surface area contributed by atoms with Crippen LogP contribution >= 0.6 is 0 Å². The van der Waals surface area contributed by atoms with Gasteiger partial charge in [0.15, 0.2) is 0 Å². The number of benzene rings is 2. The Balaban J connectivity index is 1.64. The van der Waals surface area contributed by atoms with Crippen LogP contribution in [0.5, 0.6) is 0 Å². The zero-order chi connectivity index (χ0) is 20.2. The topological polar surface area (TPSA) is 71.3 Å². The Morgan fingerprint density at radius 2 is 1.93 bits per heavy atom. The predicted molar refractivity (Wildman–Crippen MR) is 111 cm³/mol. The number of nitrogens with one attached hydrogen (secondary N) is 2. The molecule has 0 spiro atoms. The minimum absolute atomic E-state index is 0.122. The first-order valence-electron chi connectivity index (χ1n) is 9.77. The van der Waals surface area contributed by atoms with Crippen molar-refractivity contribution in [2.45, 2.75) is 25.7 Å². The Morgan fingerprint density at radius 1 is 1.14 bits per heavy atom. The normalized spacial score (nSPS) is 13.1. The minimum Gasteiger partial charge on any atom is -0.460 e. The van der Waals surface area contributed by atoms with Crippen molar-refractivity contribution in [2.75, 3.05) is 6.54 Å². The van der Waals surface area contributed by atoms with Gasteiger partial charge in [0.2, 0.25) is 5.91 Å². The molecule has 1 aromatic heterocycles. The van der Waals surface area contributed by atoms with E-state index in [1.54, 1.807) is 18.2 Å². The summed E-state index contributed by atoms with van der Waals surface area (Å²) in [5, 5.41) is 6.26. The average molecular weight is 386 g/mol. The Kier molecular flexibility index (Phi) is 5.35. The molecule has 0 saturated heterocycles. The monoisotopic (exact) mass is 386 g/mol. The maximum atomic E-state index is 12.1. The molecule has 0 unspecified atom stereocenters. The van der Waals surface area contributed by atoms with Crippen molar-refractivity contribution in [3.05, 3.63) is 71.0 Å². The standard InChI is InChI=1S/C24H22N2O3/c1-2-25-24(28)18-10-11-21-20(15-18)19(12-13-26-23(27)17-8-9-17)22(29-21)14-16-6-4-3-5-7-16/h1,3-7,10-11,15,17H,8-9,12-14H2,(H,25,28)(H,26,27). The van der Waals surface area contributed by atoms with Gasteiger partial charge in [-0.15, -0.1) is 0 Å². The van der Waals surface area contributed by atoms with Crippen LogP contribution in [0.25, 0.3) is 11.0 Å². The molecule has 0 radical (unpaired) electrons. The zero-order valence-electron chi connectivity index (χ0n) is 16.0. The number of fused-ring (bicyclic) bond motifs is 1. The van der Waals surface area contributed by atoms with E-state index < -0.39 is 0 Å². The second-order valence-corrected chi connectivity index (χ2v) is 7.29. The smallest absolute Gasteiger partial charge is 0.262 e. The van der Waals surface area contributed by atoms with E-state index in [1.807, 2.05) is 18.2 Å². The lowest BCUT2D eigenvalue weighted by molar-refractivity contribution is -0.122. The number of carbonyl (C=O) groups excluding carboxylic acids is 2. The molecule has 0 bridgehead atoms. The van der Waals surface area contributed by atoms with Crippen LogP contribution in [0, 0.1) is 18.4 Å². The molecule has 1 fully saturated rings. The minimum atomic E-state index is -0.326. The van der Waals surface area contributed by atoms with Crippen LogP contribution in [-0.2, 0) is 17.6 Å². The Hall–Kier alpha value is -3.52. The van der Waals surface area contributed by atoms with E-state index in [-0.39, 0.29) is 17.7 Å². The Morgan fingerprint density at radius 3 is 2.66 bits per heavy atom. The van der Waals surface area contributed by atoms with Gasteiger partial charge in [0, 0.05) is 41.4 Å². The van der Waals surface area contributed by atoms with Crippen molar-refractivity contribution >= 4 is 22.8 Å². The van der Waals surface area contributed by atoms with Crippen LogP contribution in [0.4, 0.5) is 0 Å². The molecule has 1 saturated carbocycles. The van der Waals surface area contributed by atoms with E-state index >= 15 is 0 Å². The number of hydrogen-bond donors (Lipinski definition) is 2. The van der Waals surface area contributed by atoms with Gasteiger partial charge < -0.3 is 9.73 Å². The predicted octanol–water partition coefficient (Wildman–Crippen LogP) is 3.41. The third-order valence-corrected chi connectivity index (χ3v) is 5.15. The van der Waals surface area contributed by atoms with E-state index in [4.69, 9.17) is 10.8 Å². The summed E-state index contributed by atoms with van der Waals surface area (Å²) in [6.45, 7) is 0.534. The summed E-state index contributed by atoms with van der Waals surface area (Å²) in [6, 6.07) is 17.5. The van der Waals surface area contributed by atoms with Crippen LogP contribution in [0.2, 0.25) is 0 Å². The number of carbonyl (C=O) groups is 2. The van der Waals surface area contributed by atoms with Crippen molar-refractivity contribution in [2.24, 2.45) is 5.92 Å². The fraction of sp³-hybridized carbons (Fsp3) is 0.250. The highest BCUT2D eigenvalue weighted by atomic mass is 16.3. The summed E-state index contributed by atoms with van der Waals surface area (Å²) < 4.78 is 6.13. The summed E-state index contributed by atoms with van der Waals surface area (Å²) in [5.41, 5.74) is 3.35. The van der Waals surface area contributed by atoms with E-state index in [0.29, 0.717) is 24.9 Å². The highest BCUT2D eigenvalue weighted by Gasteiger charge is 2.29. The van der Waals surface area contributed by atoms with Crippen molar-refractivity contribution in [1.82, 2.24) is 10.6 Å². The molecule has 1 heterocycles. The Labute approximate surface area is 169 Å². The van der Waals surface area contributed by atoms with Gasteiger partial charge in [0.05, 0.1) is 0 Å². The lowest BCUT2D eigenvalue weighted by Gasteiger charge is -2.06. The lowest BCUT2D eigenvalue weighted by atomic mass is 10.0. The molecule has 0 atom stereocenters. The molecular formula is C24H22N2O3. The van der Waals surface area contributed by atoms with Crippen LogP contribution in [0.15, 0.2) is 52.9 Å². The molecule has 5 heteroatoms. The maximum Gasteiger partial charge on any atom is 0.262 e. The van der Waals surface area contributed by atoms with E-state index in [2.05, 4.69) is 28.8 Å². The second-order valence-electron chi connectivity index (χ2n) is 7.29. The van der Waals surface area contributed by atoms with Crippen molar-refractivity contribution in [1.29, 1.82) is 0 Å². The first kappa shape index (κ1) is 18.8. The van der Waals surface area contributed by atoms with Crippen molar-refractivity contribution in [3.8, 4) is 12.5 Å². The number of terminal acetylenes is 1. The summed E-state index contributed by atoms with van der Waals surface area (Å²) >= 11 is 0. The quantitative estimate of drug-likeness (QED) is 0.483. The van der Waals surface area contributed by atoms with Crippen LogP contribution in [0.1, 0.15) is 40.1 Å². The van der Waals surface area contributed by atoms with E-state index in [0.717, 1.165) is 40.7 Å². The first-order valence-corrected chi connectivity index (χ1v) is 9.77. The third kappa shape index (κ3) is 4.33. The molecule has 0 aliphatic heterocycles. The average Bonchev–Trinajstić information content (AvgIpc) is 3.53. The molecule has 4 rings (SSSR count). The van der Waals surface area contributed by atoms with Gasteiger partial charge in [-0.2, -0.15) is 0 Å². The summed E-state index contributed by atoms with van der Waals surface area (Å²) in [5.74, 6) is 0.824. The number of hydrogen-bond acceptors (Lipinski definition) is 3. The lowest BCUT2D eigenvalue weighted by Crippen LogP contribution is -2.27. The zero-order valence-corrected chi connectivity index (χ0v) is 16.0. The largest absolute Gasteiger partial charge is 0.460 e. The molecule has 1 aliphatic carbocycles. The fourth-order valence-corrected chi connectivity index (χ4v) is 3.48. The maximum absolute atomic E-state index is 12.1. The SMILES string of the molecule is C#CNC(=O)c1ccc2oc(Cc3ccccc3)c(CCNC(=O)C3CC3)c2c1. The number of amides is 2. The number of rotatable bonds is 7. The molecule has 29 heavy (non-hydrogen) atoms. The molecule has 2 amide bonds. The highest BCUT2D eigenvalue weighted by molar-refractivity contribution is 5.99. The molecule has 2 N–H and O–H groups in total. The van der Waals surface area contributed by atoms with Gasteiger partial charge in [-0.05, 0) is 43.0 Å². The van der Waals surface area contributed by atoms with E-state index in [9.17, 15) is 9.59 Å². The number of furan rings is 1. The Bertz CT molecular complexity index is 1090. The molecular weight excluding hydrogens is 364 g/mol. The highest BCUT2D eigenvalue weighted by Crippen LogP contribution is 2.30. The van der Waals surface area contributed by atoms with Crippen LogP contribution < -0.4 is 10.6 Å². The van der Waals surface area contributed by atoms with Gasteiger partial charge in [-0.25, -0.2) is 0 Å². The van der Waals surface area contributed by atoms with Gasteiger partial charge in [0.25, 0.3) is 5.91 Å². The molecule has 2 aromatic carbocycles. The second kappa shape index (κ2) is 8.24. The van der Waals surface area contributed by atoms with Crippen molar-refractivity contribution < 1.29 is 14.0 Å². The molecule has 5 nitrogen and oxygen atoms in total.